The summed E-state index contributed by atoms with van der Waals surface area (Å²) >= 11 is 0. The van der Waals surface area contributed by atoms with Gasteiger partial charge in [0.25, 0.3) is 0 Å². The first-order chi connectivity index (χ1) is 9.93. The van der Waals surface area contributed by atoms with Gasteiger partial charge < -0.3 is 18.9 Å². The van der Waals surface area contributed by atoms with Crippen LogP contribution in [0.5, 0.6) is 0 Å². The van der Waals surface area contributed by atoms with Crippen LogP contribution >= 0.6 is 0 Å². The van der Waals surface area contributed by atoms with Crippen LogP contribution in [-0.2, 0) is 18.9 Å². The molecular weight excluding hydrogens is 256 g/mol. The predicted octanol–water partition coefficient (Wildman–Crippen LogP) is 1.96. The molecule has 1 aliphatic rings. The fourth-order valence-electron chi connectivity index (χ4n) is 1.67. The Morgan fingerprint density at radius 3 is 2.05 bits per heavy atom. The fraction of sp³-hybridized carbons (Fsp3) is 0.625. The molecule has 0 aliphatic heterocycles. The summed E-state index contributed by atoms with van der Waals surface area (Å²) in [7, 11) is 0. The van der Waals surface area contributed by atoms with Crippen LogP contribution in [0.2, 0.25) is 0 Å². The zero-order valence-corrected chi connectivity index (χ0v) is 12.0. The van der Waals surface area contributed by atoms with E-state index in [9.17, 15) is 0 Å². The van der Waals surface area contributed by atoms with E-state index >= 15 is 0 Å². The van der Waals surface area contributed by atoms with Gasteiger partial charge in [0, 0.05) is 0 Å². The van der Waals surface area contributed by atoms with Gasteiger partial charge in [0.15, 0.2) is 0 Å². The highest BCUT2D eigenvalue weighted by Crippen LogP contribution is 2.13. The van der Waals surface area contributed by atoms with Crippen LogP contribution in [0.1, 0.15) is 12.8 Å². The van der Waals surface area contributed by atoms with E-state index in [1.54, 1.807) is 0 Å². The molecule has 112 valence electrons. The molecule has 0 saturated carbocycles. The summed E-state index contributed by atoms with van der Waals surface area (Å²) in [4.78, 5) is 0. The molecule has 0 aromatic rings. The topological polar surface area (TPSA) is 36.9 Å². The van der Waals surface area contributed by atoms with Crippen LogP contribution in [0.15, 0.2) is 23.8 Å². The minimum absolute atomic E-state index is 0.337. The van der Waals surface area contributed by atoms with Crippen molar-refractivity contribution >= 4 is 0 Å². The van der Waals surface area contributed by atoms with Crippen LogP contribution in [0, 0.1) is 12.3 Å². The molecule has 0 spiro atoms. The number of ether oxygens (including phenoxy) is 4. The minimum Gasteiger partial charge on any atom is -0.379 e. The van der Waals surface area contributed by atoms with Crippen molar-refractivity contribution in [2.24, 2.45) is 0 Å². The molecule has 20 heavy (non-hydrogen) atoms. The second kappa shape index (κ2) is 12.9. The predicted molar refractivity (Wildman–Crippen MR) is 78.6 cm³/mol. The van der Waals surface area contributed by atoms with Crippen molar-refractivity contribution in [3.8, 4) is 12.3 Å². The summed E-state index contributed by atoms with van der Waals surface area (Å²) in [6, 6.07) is 0. The number of rotatable bonds is 13. The molecule has 0 saturated heterocycles. The normalized spacial score (nSPS) is 13.4. The first kappa shape index (κ1) is 16.9. The van der Waals surface area contributed by atoms with Crippen LogP contribution in [-0.4, -0.2) is 52.9 Å². The van der Waals surface area contributed by atoms with Gasteiger partial charge in [-0.2, -0.15) is 0 Å². The number of allylic oxidation sites excluding steroid dienone is 3. The maximum Gasteiger partial charge on any atom is 0.107 e. The van der Waals surface area contributed by atoms with Crippen molar-refractivity contribution < 1.29 is 18.9 Å². The Morgan fingerprint density at radius 1 is 0.900 bits per heavy atom. The van der Waals surface area contributed by atoms with Gasteiger partial charge in [0.1, 0.15) is 6.61 Å². The lowest BCUT2D eigenvalue weighted by atomic mass is 10.2. The highest BCUT2D eigenvalue weighted by Gasteiger charge is 1.99. The van der Waals surface area contributed by atoms with Gasteiger partial charge in [-0.3, -0.25) is 0 Å². The lowest BCUT2D eigenvalue weighted by molar-refractivity contribution is 0.00166. The van der Waals surface area contributed by atoms with Gasteiger partial charge in [-0.1, -0.05) is 29.7 Å². The van der Waals surface area contributed by atoms with E-state index in [1.165, 1.54) is 5.57 Å². The molecule has 4 nitrogen and oxygen atoms in total. The second-order valence-corrected chi connectivity index (χ2v) is 4.30. The summed E-state index contributed by atoms with van der Waals surface area (Å²) in [5.41, 5.74) is 1.44. The molecule has 0 amide bonds. The van der Waals surface area contributed by atoms with Crippen LogP contribution in [0.25, 0.3) is 0 Å². The van der Waals surface area contributed by atoms with Crippen molar-refractivity contribution in [1.82, 2.24) is 0 Å². The van der Waals surface area contributed by atoms with E-state index in [0.717, 1.165) is 19.4 Å². The van der Waals surface area contributed by atoms with Crippen molar-refractivity contribution in [3.05, 3.63) is 23.8 Å². The SMILES string of the molecule is C#CCOCCOCCOCCOCCC1=CC=CC1. The average Bonchev–Trinajstić information content (AvgIpc) is 2.97. The van der Waals surface area contributed by atoms with Crippen LogP contribution in [0.4, 0.5) is 0 Å². The molecule has 1 aliphatic carbocycles. The Balaban J connectivity index is 1.69. The standard InChI is InChI=1S/C16H24O4/c1-2-8-17-10-12-19-14-15-20-13-11-18-9-7-16-5-3-4-6-16/h1,3-5H,6-15H2. The molecule has 1 rings (SSSR count). The Kier molecular flexibility index (Phi) is 10.9. The van der Waals surface area contributed by atoms with Gasteiger partial charge in [-0.05, 0) is 12.8 Å². The molecule has 0 N–H and O–H groups in total. The molecule has 0 fully saturated rings. The lowest BCUT2D eigenvalue weighted by Gasteiger charge is -2.07. The third-order valence-electron chi connectivity index (χ3n) is 2.72. The van der Waals surface area contributed by atoms with Crippen molar-refractivity contribution in [3.63, 3.8) is 0 Å². The van der Waals surface area contributed by atoms with Gasteiger partial charge >= 0.3 is 0 Å². The van der Waals surface area contributed by atoms with E-state index in [4.69, 9.17) is 25.4 Å². The zero-order valence-electron chi connectivity index (χ0n) is 12.0. The Morgan fingerprint density at radius 2 is 1.50 bits per heavy atom. The van der Waals surface area contributed by atoms with E-state index in [0.29, 0.717) is 46.2 Å². The number of hydrogen-bond acceptors (Lipinski definition) is 4. The summed E-state index contributed by atoms with van der Waals surface area (Å²) in [6.07, 6.45) is 13.5. The Bertz CT molecular complexity index is 328. The van der Waals surface area contributed by atoms with E-state index in [1.807, 2.05) is 0 Å². The Hall–Kier alpha value is -1.12. The largest absolute Gasteiger partial charge is 0.379 e. The van der Waals surface area contributed by atoms with E-state index in [2.05, 4.69) is 24.1 Å². The summed E-state index contributed by atoms with van der Waals surface area (Å²) < 4.78 is 21.2. The third kappa shape index (κ3) is 9.76. The molecule has 0 bridgehead atoms. The average molecular weight is 280 g/mol. The highest BCUT2D eigenvalue weighted by molar-refractivity contribution is 5.22. The molecule has 0 aromatic carbocycles. The molecular formula is C16H24O4. The third-order valence-corrected chi connectivity index (χ3v) is 2.72. The first-order valence-corrected chi connectivity index (χ1v) is 7.02. The molecule has 4 heteroatoms. The maximum absolute atomic E-state index is 5.49. The summed E-state index contributed by atoms with van der Waals surface area (Å²) in [6.45, 7) is 4.55. The van der Waals surface area contributed by atoms with Gasteiger partial charge in [0.05, 0.1) is 46.2 Å². The monoisotopic (exact) mass is 280 g/mol. The minimum atomic E-state index is 0.337. The quantitative estimate of drug-likeness (QED) is 0.382. The zero-order chi connectivity index (χ0) is 14.3. The van der Waals surface area contributed by atoms with E-state index < -0.39 is 0 Å². The molecule has 0 heterocycles. The van der Waals surface area contributed by atoms with Crippen molar-refractivity contribution in [1.29, 1.82) is 0 Å². The van der Waals surface area contributed by atoms with Gasteiger partial charge in [-0.25, -0.2) is 0 Å². The van der Waals surface area contributed by atoms with E-state index in [-0.39, 0.29) is 0 Å². The number of terminal acetylenes is 1. The Labute approximate surface area is 121 Å². The fourth-order valence-corrected chi connectivity index (χ4v) is 1.67. The first-order valence-electron chi connectivity index (χ1n) is 7.02. The number of hydrogen-bond donors (Lipinski definition) is 0. The summed E-state index contributed by atoms with van der Waals surface area (Å²) in [5, 5.41) is 0. The highest BCUT2D eigenvalue weighted by atomic mass is 16.6. The van der Waals surface area contributed by atoms with Gasteiger partial charge in [0.2, 0.25) is 0 Å². The molecule has 0 radical (unpaired) electrons. The molecule has 0 aromatic heterocycles. The van der Waals surface area contributed by atoms with Crippen molar-refractivity contribution in [2.45, 2.75) is 12.8 Å². The second-order valence-electron chi connectivity index (χ2n) is 4.30. The van der Waals surface area contributed by atoms with Gasteiger partial charge in [-0.15, -0.1) is 6.42 Å². The van der Waals surface area contributed by atoms with Crippen LogP contribution in [0.3, 0.4) is 0 Å². The molecule has 0 unspecified atom stereocenters. The van der Waals surface area contributed by atoms with Crippen molar-refractivity contribution in [2.75, 3.05) is 52.9 Å². The lowest BCUT2D eigenvalue weighted by Crippen LogP contribution is -2.12. The van der Waals surface area contributed by atoms with Crippen LogP contribution < -0.4 is 0 Å². The summed E-state index contributed by atoms with van der Waals surface area (Å²) in [5.74, 6) is 2.40. The maximum atomic E-state index is 5.49. The molecule has 0 atom stereocenters. The smallest absolute Gasteiger partial charge is 0.107 e.